The summed E-state index contributed by atoms with van der Waals surface area (Å²) in [6.45, 7) is 3.43. The van der Waals surface area contributed by atoms with Gasteiger partial charge >= 0.3 is 0 Å². The number of methoxy groups -OCH3 is 2. The van der Waals surface area contributed by atoms with E-state index in [0.717, 1.165) is 11.3 Å². The van der Waals surface area contributed by atoms with Crippen molar-refractivity contribution in [3.63, 3.8) is 0 Å². The molecule has 1 fully saturated rings. The summed E-state index contributed by atoms with van der Waals surface area (Å²) in [5.74, 6) is 1.23. The summed E-state index contributed by atoms with van der Waals surface area (Å²) in [5.41, 5.74) is 0.902. The SMILES string of the molecule is COCC(C)Oc1ccc(NC(=O)C2(c3ccc(OC)cc3)CCOCC2)cc1Cl. The van der Waals surface area contributed by atoms with E-state index in [1.54, 1.807) is 32.4 Å². The summed E-state index contributed by atoms with van der Waals surface area (Å²) in [7, 11) is 3.24. The highest BCUT2D eigenvalue weighted by Crippen LogP contribution is 2.37. The van der Waals surface area contributed by atoms with Crippen molar-refractivity contribution in [1.82, 2.24) is 0 Å². The average molecular weight is 434 g/mol. The molecule has 1 saturated heterocycles. The molecular weight excluding hydrogens is 406 g/mol. The van der Waals surface area contributed by atoms with Crippen molar-refractivity contribution in [2.75, 3.05) is 39.4 Å². The minimum Gasteiger partial charge on any atom is -0.497 e. The Hall–Kier alpha value is -2.28. The molecule has 1 N–H and O–H groups in total. The Morgan fingerprint density at radius 2 is 1.87 bits per heavy atom. The summed E-state index contributed by atoms with van der Waals surface area (Å²) in [6.07, 6.45) is 1.08. The van der Waals surface area contributed by atoms with E-state index in [9.17, 15) is 4.79 Å². The number of halogens is 1. The maximum Gasteiger partial charge on any atom is 0.235 e. The molecule has 162 valence electrons. The van der Waals surface area contributed by atoms with Crippen molar-refractivity contribution >= 4 is 23.2 Å². The fourth-order valence-electron chi connectivity index (χ4n) is 3.69. The second-order valence-electron chi connectivity index (χ2n) is 7.41. The highest BCUT2D eigenvalue weighted by atomic mass is 35.5. The van der Waals surface area contributed by atoms with E-state index in [2.05, 4.69) is 5.32 Å². The number of anilines is 1. The number of nitrogens with one attached hydrogen (secondary N) is 1. The monoisotopic (exact) mass is 433 g/mol. The Labute approximate surface area is 182 Å². The second kappa shape index (κ2) is 10.2. The molecule has 1 heterocycles. The molecule has 7 heteroatoms. The van der Waals surface area contributed by atoms with Crippen LogP contribution < -0.4 is 14.8 Å². The summed E-state index contributed by atoms with van der Waals surface area (Å²) >= 11 is 6.38. The maximum absolute atomic E-state index is 13.4. The third-order valence-electron chi connectivity index (χ3n) is 5.34. The van der Waals surface area contributed by atoms with Gasteiger partial charge in [0.2, 0.25) is 5.91 Å². The molecule has 3 rings (SSSR count). The molecule has 0 aromatic heterocycles. The van der Waals surface area contributed by atoms with Crippen molar-refractivity contribution in [2.24, 2.45) is 0 Å². The number of hydrogen-bond donors (Lipinski definition) is 1. The first-order chi connectivity index (χ1) is 14.5. The van der Waals surface area contributed by atoms with E-state index in [0.29, 0.717) is 49.1 Å². The van der Waals surface area contributed by atoms with Gasteiger partial charge in [-0.15, -0.1) is 0 Å². The van der Waals surface area contributed by atoms with Crippen LogP contribution in [0.5, 0.6) is 11.5 Å². The van der Waals surface area contributed by atoms with Gasteiger partial charge in [0.1, 0.15) is 17.6 Å². The zero-order valence-corrected chi connectivity index (χ0v) is 18.3. The van der Waals surface area contributed by atoms with Gasteiger partial charge in [-0.25, -0.2) is 0 Å². The smallest absolute Gasteiger partial charge is 0.235 e. The van der Waals surface area contributed by atoms with Crippen LogP contribution >= 0.6 is 11.6 Å². The standard InChI is InChI=1S/C23H28ClNO5/c1-16(15-27-2)30-21-9-6-18(14-20(21)24)25-22(26)23(10-12-29-13-11-23)17-4-7-19(28-3)8-5-17/h4-9,14,16H,10-13,15H2,1-3H3,(H,25,26). The molecule has 0 aliphatic carbocycles. The molecular formula is C23H28ClNO5. The molecule has 1 aliphatic rings. The number of amides is 1. The number of hydrogen-bond acceptors (Lipinski definition) is 5. The van der Waals surface area contributed by atoms with Crippen molar-refractivity contribution in [1.29, 1.82) is 0 Å². The van der Waals surface area contributed by atoms with Crippen LogP contribution in [0.25, 0.3) is 0 Å². The van der Waals surface area contributed by atoms with Crippen LogP contribution in [0.1, 0.15) is 25.3 Å². The van der Waals surface area contributed by atoms with E-state index in [1.165, 1.54) is 0 Å². The Bertz CT molecular complexity index is 849. The molecule has 1 amide bonds. The lowest BCUT2D eigenvalue weighted by atomic mass is 9.73. The molecule has 2 aromatic carbocycles. The summed E-state index contributed by atoms with van der Waals surface area (Å²) in [4.78, 5) is 13.4. The Morgan fingerprint density at radius 3 is 2.47 bits per heavy atom. The third-order valence-corrected chi connectivity index (χ3v) is 5.64. The lowest BCUT2D eigenvalue weighted by Crippen LogP contribution is -2.44. The molecule has 30 heavy (non-hydrogen) atoms. The molecule has 1 aliphatic heterocycles. The van der Waals surface area contributed by atoms with E-state index >= 15 is 0 Å². The van der Waals surface area contributed by atoms with Gasteiger partial charge in [0.15, 0.2) is 0 Å². The van der Waals surface area contributed by atoms with Crippen LogP contribution in [0.3, 0.4) is 0 Å². The quantitative estimate of drug-likeness (QED) is 0.666. The first-order valence-electron chi connectivity index (χ1n) is 9.97. The molecule has 6 nitrogen and oxygen atoms in total. The minimum atomic E-state index is -0.668. The molecule has 0 spiro atoms. The Kier molecular flexibility index (Phi) is 7.58. The minimum absolute atomic E-state index is 0.0755. The van der Waals surface area contributed by atoms with Crippen LogP contribution in [0.2, 0.25) is 5.02 Å². The van der Waals surface area contributed by atoms with Gasteiger partial charge in [-0.2, -0.15) is 0 Å². The lowest BCUT2D eigenvalue weighted by Gasteiger charge is -2.36. The van der Waals surface area contributed by atoms with E-state index < -0.39 is 5.41 Å². The average Bonchev–Trinajstić information content (AvgIpc) is 2.76. The first-order valence-corrected chi connectivity index (χ1v) is 10.3. The van der Waals surface area contributed by atoms with Gasteiger partial charge in [-0.3, -0.25) is 4.79 Å². The van der Waals surface area contributed by atoms with Crippen LogP contribution in [-0.2, 0) is 19.7 Å². The lowest BCUT2D eigenvalue weighted by molar-refractivity contribution is -0.125. The second-order valence-corrected chi connectivity index (χ2v) is 7.81. The topological polar surface area (TPSA) is 66.0 Å². The highest BCUT2D eigenvalue weighted by molar-refractivity contribution is 6.32. The predicted octanol–water partition coefficient (Wildman–Crippen LogP) is 4.45. The number of benzene rings is 2. The zero-order valence-electron chi connectivity index (χ0n) is 17.6. The van der Waals surface area contributed by atoms with Gasteiger partial charge in [-0.1, -0.05) is 23.7 Å². The summed E-state index contributed by atoms with van der Waals surface area (Å²) in [6, 6.07) is 12.9. The van der Waals surface area contributed by atoms with Gasteiger partial charge in [0, 0.05) is 26.0 Å². The van der Waals surface area contributed by atoms with Gasteiger partial charge in [0.25, 0.3) is 0 Å². The first kappa shape index (κ1) is 22.4. The molecule has 2 aromatic rings. The summed E-state index contributed by atoms with van der Waals surface area (Å²) in [5, 5.41) is 3.47. The van der Waals surface area contributed by atoms with Crippen LogP contribution in [0, 0.1) is 0 Å². The number of carbonyl (C=O) groups excluding carboxylic acids is 1. The van der Waals surface area contributed by atoms with Crippen molar-refractivity contribution < 1.29 is 23.7 Å². The number of rotatable bonds is 8. The number of carbonyl (C=O) groups is 1. The Balaban J connectivity index is 1.79. The molecule has 0 bridgehead atoms. The van der Waals surface area contributed by atoms with Crippen LogP contribution in [0.4, 0.5) is 5.69 Å². The van der Waals surface area contributed by atoms with Gasteiger partial charge in [0.05, 0.1) is 24.2 Å². The van der Waals surface area contributed by atoms with Crippen LogP contribution in [-0.4, -0.2) is 46.1 Å². The van der Waals surface area contributed by atoms with Crippen molar-refractivity contribution in [3.8, 4) is 11.5 Å². The summed E-state index contributed by atoms with van der Waals surface area (Å²) < 4.78 is 21.6. The fourth-order valence-corrected chi connectivity index (χ4v) is 3.91. The largest absolute Gasteiger partial charge is 0.497 e. The highest BCUT2D eigenvalue weighted by Gasteiger charge is 2.41. The Morgan fingerprint density at radius 1 is 1.17 bits per heavy atom. The van der Waals surface area contributed by atoms with Crippen molar-refractivity contribution in [3.05, 3.63) is 53.1 Å². The van der Waals surface area contributed by atoms with Gasteiger partial charge < -0.3 is 24.3 Å². The maximum atomic E-state index is 13.4. The van der Waals surface area contributed by atoms with Crippen molar-refractivity contribution in [2.45, 2.75) is 31.3 Å². The third kappa shape index (κ3) is 5.06. The van der Waals surface area contributed by atoms with E-state index in [-0.39, 0.29) is 12.0 Å². The molecule has 0 radical (unpaired) electrons. The zero-order chi connectivity index (χ0) is 21.6. The molecule has 0 saturated carbocycles. The van der Waals surface area contributed by atoms with Crippen LogP contribution in [0.15, 0.2) is 42.5 Å². The number of ether oxygens (including phenoxy) is 4. The molecule has 1 atom stereocenters. The predicted molar refractivity (Wildman–Crippen MR) is 117 cm³/mol. The van der Waals surface area contributed by atoms with E-state index in [1.807, 2.05) is 31.2 Å². The van der Waals surface area contributed by atoms with Gasteiger partial charge in [-0.05, 0) is 55.7 Å². The fraction of sp³-hybridized carbons (Fsp3) is 0.435. The van der Waals surface area contributed by atoms with E-state index in [4.69, 9.17) is 30.5 Å². The molecule has 1 unspecified atom stereocenters. The normalized spacial score (nSPS) is 16.5.